The van der Waals surface area contributed by atoms with E-state index in [4.69, 9.17) is 0 Å². The van der Waals surface area contributed by atoms with Gasteiger partial charge in [0.25, 0.3) is 0 Å². The van der Waals surface area contributed by atoms with Crippen LogP contribution < -0.4 is 5.32 Å². The predicted octanol–water partition coefficient (Wildman–Crippen LogP) is 1.97. The van der Waals surface area contributed by atoms with E-state index < -0.39 is 0 Å². The highest BCUT2D eigenvalue weighted by molar-refractivity contribution is 5.48. The van der Waals surface area contributed by atoms with Crippen molar-refractivity contribution in [2.24, 2.45) is 0 Å². The quantitative estimate of drug-likeness (QED) is 0.910. The zero-order valence-corrected chi connectivity index (χ0v) is 11.4. The van der Waals surface area contributed by atoms with Gasteiger partial charge in [-0.05, 0) is 38.7 Å². The van der Waals surface area contributed by atoms with Gasteiger partial charge in [0.05, 0.1) is 12.7 Å². The van der Waals surface area contributed by atoms with Gasteiger partial charge in [-0.2, -0.15) is 5.10 Å². The van der Waals surface area contributed by atoms with Gasteiger partial charge in [-0.15, -0.1) is 0 Å². The average Bonchev–Trinajstić information content (AvgIpc) is 2.98. The minimum Gasteiger partial charge on any atom is -0.365 e. The average molecular weight is 257 g/mol. The normalized spacial score (nSPS) is 15.3. The van der Waals surface area contributed by atoms with Crippen molar-refractivity contribution in [3.8, 4) is 0 Å². The van der Waals surface area contributed by atoms with Crippen molar-refractivity contribution in [2.75, 3.05) is 5.32 Å². The number of aromatic nitrogens is 4. The second-order valence-electron chi connectivity index (χ2n) is 5.29. The molecule has 0 saturated heterocycles. The largest absolute Gasteiger partial charge is 0.365 e. The Morgan fingerprint density at radius 1 is 1.37 bits per heavy atom. The molecule has 0 bridgehead atoms. The fourth-order valence-electron chi connectivity index (χ4n) is 2.61. The van der Waals surface area contributed by atoms with Crippen LogP contribution in [0.15, 0.2) is 18.7 Å². The smallest absolute Gasteiger partial charge is 0.133 e. The molecule has 5 nitrogen and oxygen atoms in total. The number of hydrogen-bond donors (Lipinski definition) is 1. The first-order chi connectivity index (χ1) is 9.22. The van der Waals surface area contributed by atoms with Gasteiger partial charge in [0, 0.05) is 23.5 Å². The highest BCUT2D eigenvalue weighted by atomic mass is 15.3. The molecule has 0 aromatic carbocycles. The summed E-state index contributed by atoms with van der Waals surface area (Å²) in [6.07, 6.45) is 8.97. The topological polar surface area (TPSA) is 55.6 Å². The number of aryl methyl sites for hydroxylation is 2. The van der Waals surface area contributed by atoms with Crippen molar-refractivity contribution < 1.29 is 0 Å². The Bertz CT molecular complexity index is 575. The zero-order valence-electron chi connectivity index (χ0n) is 11.4. The number of fused-ring (bicyclic) bond motifs is 1. The van der Waals surface area contributed by atoms with E-state index in [0.29, 0.717) is 6.04 Å². The van der Waals surface area contributed by atoms with Crippen molar-refractivity contribution in [1.29, 1.82) is 0 Å². The van der Waals surface area contributed by atoms with Crippen LogP contribution in [0.5, 0.6) is 0 Å². The van der Waals surface area contributed by atoms with Gasteiger partial charge in [0.1, 0.15) is 12.1 Å². The Hall–Kier alpha value is -1.91. The Labute approximate surface area is 113 Å². The van der Waals surface area contributed by atoms with Gasteiger partial charge in [0.15, 0.2) is 0 Å². The first-order valence-electron chi connectivity index (χ1n) is 6.80. The molecule has 19 heavy (non-hydrogen) atoms. The molecule has 1 aliphatic rings. The van der Waals surface area contributed by atoms with Crippen LogP contribution in [0, 0.1) is 6.92 Å². The molecule has 2 heterocycles. The third-order valence-electron chi connectivity index (χ3n) is 3.48. The molecule has 3 rings (SSSR count). The van der Waals surface area contributed by atoms with E-state index in [1.165, 1.54) is 23.2 Å². The standard InChI is InChI=1S/C14H19N5/c1-10-6-17-19(7-10)8-11(2)18-14-12-4-3-5-13(12)15-9-16-14/h6-7,9,11H,3-5,8H2,1-2H3,(H,15,16,18)/t11-/m0/s1. The SMILES string of the molecule is Cc1cnn(C[C@H](C)Nc2ncnc3c2CCC3)c1. The Morgan fingerprint density at radius 3 is 3.05 bits per heavy atom. The van der Waals surface area contributed by atoms with E-state index in [1.54, 1.807) is 6.33 Å². The first-order valence-corrected chi connectivity index (χ1v) is 6.80. The summed E-state index contributed by atoms with van der Waals surface area (Å²) in [5.41, 5.74) is 3.70. The summed E-state index contributed by atoms with van der Waals surface area (Å²) in [6.45, 7) is 5.05. The lowest BCUT2D eigenvalue weighted by Crippen LogP contribution is -2.23. The molecule has 5 heteroatoms. The fourth-order valence-corrected chi connectivity index (χ4v) is 2.61. The van der Waals surface area contributed by atoms with Crippen LogP contribution >= 0.6 is 0 Å². The van der Waals surface area contributed by atoms with Crippen LogP contribution in [0.1, 0.15) is 30.2 Å². The van der Waals surface area contributed by atoms with Crippen molar-refractivity contribution in [3.63, 3.8) is 0 Å². The molecule has 0 fully saturated rings. The third kappa shape index (κ3) is 2.59. The van der Waals surface area contributed by atoms with E-state index in [-0.39, 0.29) is 0 Å². The fraction of sp³-hybridized carbons (Fsp3) is 0.500. The molecule has 1 atom stereocenters. The van der Waals surface area contributed by atoms with Gasteiger partial charge >= 0.3 is 0 Å². The second kappa shape index (κ2) is 4.99. The van der Waals surface area contributed by atoms with Crippen molar-refractivity contribution in [2.45, 2.75) is 45.7 Å². The summed E-state index contributed by atoms with van der Waals surface area (Å²) in [7, 11) is 0. The van der Waals surface area contributed by atoms with Crippen LogP contribution in [0.4, 0.5) is 5.82 Å². The number of hydrogen-bond acceptors (Lipinski definition) is 4. The lowest BCUT2D eigenvalue weighted by atomic mass is 10.2. The number of nitrogens with zero attached hydrogens (tertiary/aromatic N) is 4. The molecular weight excluding hydrogens is 238 g/mol. The molecule has 1 aliphatic carbocycles. The van der Waals surface area contributed by atoms with Gasteiger partial charge in [-0.1, -0.05) is 0 Å². The summed E-state index contributed by atoms with van der Waals surface area (Å²) in [6, 6.07) is 0.291. The Balaban J connectivity index is 1.70. The molecular formula is C14H19N5. The van der Waals surface area contributed by atoms with E-state index in [1.807, 2.05) is 10.9 Å². The van der Waals surface area contributed by atoms with Crippen LogP contribution in [0.25, 0.3) is 0 Å². The molecule has 2 aromatic rings. The Morgan fingerprint density at radius 2 is 2.26 bits per heavy atom. The summed E-state index contributed by atoms with van der Waals surface area (Å²) in [4.78, 5) is 8.73. The zero-order chi connectivity index (χ0) is 13.2. The van der Waals surface area contributed by atoms with E-state index in [0.717, 1.165) is 25.2 Å². The van der Waals surface area contributed by atoms with Crippen LogP contribution in [-0.4, -0.2) is 25.8 Å². The van der Waals surface area contributed by atoms with Crippen molar-refractivity contribution >= 4 is 5.82 Å². The molecule has 0 unspecified atom stereocenters. The molecule has 0 spiro atoms. The molecule has 0 saturated carbocycles. The second-order valence-corrected chi connectivity index (χ2v) is 5.29. The third-order valence-corrected chi connectivity index (χ3v) is 3.48. The van der Waals surface area contributed by atoms with E-state index in [2.05, 4.69) is 40.4 Å². The highest BCUT2D eigenvalue weighted by Gasteiger charge is 2.18. The minimum absolute atomic E-state index is 0.291. The van der Waals surface area contributed by atoms with Crippen LogP contribution in [0.2, 0.25) is 0 Å². The van der Waals surface area contributed by atoms with Gasteiger partial charge in [-0.3, -0.25) is 4.68 Å². The van der Waals surface area contributed by atoms with E-state index in [9.17, 15) is 0 Å². The summed E-state index contributed by atoms with van der Waals surface area (Å²) in [5, 5.41) is 7.80. The van der Waals surface area contributed by atoms with Crippen molar-refractivity contribution in [1.82, 2.24) is 19.7 Å². The van der Waals surface area contributed by atoms with Crippen LogP contribution in [0.3, 0.4) is 0 Å². The molecule has 1 N–H and O–H groups in total. The number of anilines is 1. The van der Waals surface area contributed by atoms with Gasteiger partial charge < -0.3 is 5.32 Å². The molecule has 100 valence electrons. The van der Waals surface area contributed by atoms with Gasteiger partial charge in [0.2, 0.25) is 0 Å². The molecule has 0 radical (unpaired) electrons. The molecule has 0 amide bonds. The summed E-state index contributed by atoms with van der Waals surface area (Å²) >= 11 is 0. The minimum atomic E-state index is 0.291. The van der Waals surface area contributed by atoms with Crippen molar-refractivity contribution in [3.05, 3.63) is 35.5 Å². The lowest BCUT2D eigenvalue weighted by Gasteiger charge is -2.16. The highest BCUT2D eigenvalue weighted by Crippen LogP contribution is 2.25. The maximum absolute atomic E-state index is 4.39. The molecule has 0 aliphatic heterocycles. The number of rotatable bonds is 4. The first kappa shape index (κ1) is 12.1. The monoisotopic (exact) mass is 257 g/mol. The van der Waals surface area contributed by atoms with Gasteiger partial charge in [-0.25, -0.2) is 9.97 Å². The predicted molar refractivity (Wildman–Crippen MR) is 74.1 cm³/mol. The molecule has 2 aromatic heterocycles. The van der Waals surface area contributed by atoms with E-state index >= 15 is 0 Å². The lowest BCUT2D eigenvalue weighted by molar-refractivity contribution is 0.559. The Kier molecular flexibility index (Phi) is 3.19. The number of nitrogens with one attached hydrogen (secondary N) is 1. The summed E-state index contributed by atoms with van der Waals surface area (Å²) in [5.74, 6) is 0.999. The maximum Gasteiger partial charge on any atom is 0.133 e. The maximum atomic E-state index is 4.39. The van der Waals surface area contributed by atoms with Crippen LogP contribution in [-0.2, 0) is 19.4 Å². The summed E-state index contributed by atoms with van der Waals surface area (Å²) < 4.78 is 1.97.